The van der Waals surface area contributed by atoms with Gasteiger partial charge >= 0.3 is 5.97 Å². The van der Waals surface area contributed by atoms with Gasteiger partial charge in [0.15, 0.2) is 5.82 Å². The zero-order valence-electron chi connectivity index (χ0n) is 14.5. The fraction of sp³-hybridized carbons (Fsp3) is 0.211. The monoisotopic (exact) mass is 383 g/mol. The summed E-state index contributed by atoms with van der Waals surface area (Å²) in [7, 11) is 0. The Morgan fingerprint density at radius 3 is 2.22 bits per heavy atom. The van der Waals surface area contributed by atoms with Crippen LogP contribution in [0.15, 0.2) is 54.6 Å². The molecular formula is C19H18ClN5O2. The Morgan fingerprint density at radius 2 is 1.56 bits per heavy atom. The average Bonchev–Trinajstić information content (AvgIpc) is 3.15. The normalized spacial score (nSPS) is 14.4. The summed E-state index contributed by atoms with van der Waals surface area (Å²) in [6.07, 6.45) is 0. The summed E-state index contributed by atoms with van der Waals surface area (Å²) in [5.74, 6) is -0.709. The molecule has 0 spiro atoms. The topological polar surface area (TPSA) is 74.5 Å². The number of halogens is 1. The third kappa shape index (κ3) is 3.59. The largest absolute Gasteiger partial charge is 0.476 e. The highest BCUT2D eigenvalue weighted by molar-refractivity contribution is 6.30. The van der Waals surface area contributed by atoms with E-state index in [2.05, 4.69) is 27.2 Å². The molecule has 1 aliphatic heterocycles. The number of hydrogen-bond acceptors (Lipinski definition) is 5. The minimum Gasteiger partial charge on any atom is -0.476 e. The lowest BCUT2D eigenvalue weighted by Crippen LogP contribution is -2.47. The lowest BCUT2D eigenvalue weighted by atomic mass is 10.2. The number of nitrogens with zero attached hydrogens (tertiary/aromatic N) is 5. The van der Waals surface area contributed by atoms with Gasteiger partial charge in [0.25, 0.3) is 0 Å². The Hall–Kier alpha value is -3.06. The second-order valence-electron chi connectivity index (χ2n) is 6.26. The van der Waals surface area contributed by atoms with Gasteiger partial charge in [-0.1, -0.05) is 35.9 Å². The summed E-state index contributed by atoms with van der Waals surface area (Å²) in [5, 5.41) is 18.7. The molecule has 4 rings (SSSR count). The number of aromatic nitrogens is 3. The van der Waals surface area contributed by atoms with Crippen molar-refractivity contribution in [2.75, 3.05) is 36.0 Å². The van der Waals surface area contributed by atoms with Crippen molar-refractivity contribution >= 4 is 29.1 Å². The van der Waals surface area contributed by atoms with Gasteiger partial charge in [0.05, 0.1) is 5.69 Å². The third-order valence-electron chi connectivity index (χ3n) is 4.54. The highest BCUT2D eigenvalue weighted by Gasteiger charge is 2.26. The summed E-state index contributed by atoms with van der Waals surface area (Å²) in [6.45, 7) is 2.91. The van der Waals surface area contributed by atoms with Crippen LogP contribution in [0.25, 0.3) is 5.69 Å². The van der Waals surface area contributed by atoms with Crippen molar-refractivity contribution in [1.29, 1.82) is 0 Å². The molecular weight excluding hydrogens is 366 g/mol. The highest BCUT2D eigenvalue weighted by atomic mass is 35.5. The molecule has 7 nitrogen and oxygen atoms in total. The van der Waals surface area contributed by atoms with Gasteiger partial charge in [-0.3, -0.25) is 0 Å². The Bertz CT molecular complexity index is 952. The van der Waals surface area contributed by atoms with E-state index in [1.165, 1.54) is 4.80 Å². The Morgan fingerprint density at radius 1 is 0.889 bits per heavy atom. The van der Waals surface area contributed by atoms with Gasteiger partial charge in [-0.05, 0) is 30.3 Å². The molecule has 138 valence electrons. The van der Waals surface area contributed by atoms with Crippen LogP contribution >= 0.6 is 11.6 Å². The standard InChI is InChI=1S/C19H18ClN5O2/c20-14-5-4-8-16(13-14)25-21-17(19(26)27)18(22-25)24-11-9-23(10-12-24)15-6-2-1-3-7-15/h1-8,13H,9-12H2,(H,26,27). The summed E-state index contributed by atoms with van der Waals surface area (Å²) in [5.41, 5.74) is 1.74. The molecule has 1 N–H and O–H groups in total. The van der Waals surface area contributed by atoms with Crippen LogP contribution in [0.5, 0.6) is 0 Å². The number of anilines is 2. The van der Waals surface area contributed by atoms with Crippen LogP contribution in [-0.2, 0) is 0 Å². The van der Waals surface area contributed by atoms with E-state index < -0.39 is 5.97 Å². The zero-order valence-corrected chi connectivity index (χ0v) is 15.3. The van der Waals surface area contributed by atoms with E-state index >= 15 is 0 Å². The van der Waals surface area contributed by atoms with Gasteiger partial charge in [0.2, 0.25) is 5.69 Å². The fourth-order valence-corrected chi connectivity index (χ4v) is 3.37. The van der Waals surface area contributed by atoms with E-state index in [0.29, 0.717) is 29.6 Å². The quantitative estimate of drug-likeness (QED) is 0.746. The highest BCUT2D eigenvalue weighted by Crippen LogP contribution is 2.23. The van der Waals surface area contributed by atoms with Gasteiger partial charge in [-0.15, -0.1) is 15.0 Å². The smallest absolute Gasteiger partial charge is 0.360 e. The lowest BCUT2D eigenvalue weighted by Gasteiger charge is -2.36. The predicted molar refractivity (Wildman–Crippen MR) is 104 cm³/mol. The fourth-order valence-electron chi connectivity index (χ4n) is 3.18. The molecule has 0 atom stereocenters. The van der Waals surface area contributed by atoms with E-state index in [-0.39, 0.29) is 5.69 Å². The second kappa shape index (κ2) is 7.28. The van der Waals surface area contributed by atoms with Crippen LogP contribution in [-0.4, -0.2) is 52.2 Å². The van der Waals surface area contributed by atoms with E-state index in [4.69, 9.17) is 11.6 Å². The minimum atomic E-state index is -1.09. The molecule has 1 aromatic heterocycles. The molecule has 0 saturated carbocycles. The van der Waals surface area contributed by atoms with Gasteiger partial charge in [0.1, 0.15) is 0 Å². The summed E-state index contributed by atoms with van der Waals surface area (Å²) >= 11 is 6.03. The molecule has 2 heterocycles. The maximum absolute atomic E-state index is 11.7. The summed E-state index contributed by atoms with van der Waals surface area (Å²) in [6, 6.07) is 17.2. The maximum Gasteiger partial charge on any atom is 0.360 e. The number of aromatic carboxylic acids is 1. The number of para-hydroxylation sites is 1. The molecule has 1 aliphatic rings. The van der Waals surface area contributed by atoms with Crippen LogP contribution in [0.3, 0.4) is 0 Å². The predicted octanol–water partition coefficient (Wildman–Crippen LogP) is 2.95. The molecule has 0 aliphatic carbocycles. The van der Waals surface area contributed by atoms with Crippen LogP contribution < -0.4 is 9.80 Å². The molecule has 2 aromatic carbocycles. The van der Waals surface area contributed by atoms with E-state index in [9.17, 15) is 9.90 Å². The summed E-state index contributed by atoms with van der Waals surface area (Å²) < 4.78 is 0. The number of benzene rings is 2. The van der Waals surface area contributed by atoms with Gasteiger partial charge < -0.3 is 14.9 Å². The van der Waals surface area contributed by atoms with Crippen molar-refractivity contribution in [3.05, 3.63) is 65.3 Å². The minimum absolute atomic E-state index is 0.0527. The molecule has 1 saturated heterocycles. The first-order valence-electron chi connectivity index (χ1n) is 8.63. The van der Waals surface area contributed by atoms with E-state index in [1.54, 1.807) is 24.3 Å². The maximum atomic E-state index is 11.7. The SMILES string of the molecule is O=C(O)c1nn(-c2cccc(Cl)c2)nc1N1CCN(c2ccccc2)CC1. The van der Waals surface area contributed by atoms with Crippen molar-refractivity contribution in [3.63, 3.8) is 0 Å². The van der Waals surface area contributed by atoms with Crippen molar-refractivity contribution < 1.29 is 9.90 Å². The Balaban J connectivity index is 1.58. The number of piperazine rings is 1. The number of hydrogen-bond donors (Lipinski definition) is 1. The number of carboxylic acids is 1. The first kappa shape index (κ1) is 17.4. The van der Waals surface area contributed by atoms with Crippen LogP contribution in [0.1, 0.15) is 10.5 Å². The van der Waals surface area contributed by atoms with Gasteiger partial charge in [-0.25, -0.2) is 4.79 Å². The summed E-state index contributed by atoms with van der Waals surface area (Å²) in [4.78, 5) is 17.3. The lowest BCUT2D eigenvalue weighted by molar-refractivity contribution is 0.0690. The van der Waals surface area contributed by atoms with Crippen LogP contribution in [0.4, 0.5) is 11.5 Å². The van der Waals surface area contributed by atoms with Crippen molar-refractivity contribution in [2.45, 2.75) is 0 Å². The first-order chi connectivity index (χ1) is 13.1. The molecule has 3 aromatic rings. The van der Waals surface area contributed by atoms with Crippen LogP contribution in [0, 0.1) is 0 Å². The van der Waals surface area contributed by atoms with Crippen molar-refractivity contribution in [3.8, 4) is 5.69 Å². The van der Waals surface area contributed by atoms with Gasteiger partial charge in [0, 0.05) is 36.9 Å². The molecule has 0 unspecified atom stereocenters. The number of rotatable bonds is 4. The second-order valence-corrected chi connectivity index (χ2v) is 6.69. The molecule has 0 radical (unpaired) electrons. The Kier molecular flexibility index (Phi) is 4.68. The molecule has 1 fully saturated rings. The van der Waals surface area contributed by atoms with Gasteiger partial charge in [-0.2, -0.15) is 0 Å². The third-order valence-corrected chi connectivity index (χ3v) is 4.77. The van der Waals surface area contributed by atoms with Crippen molar-refractivity contribution in [1.82, 2.24) is 15.0 Å². The number of carbonyl (C=O) groups is 1. The zero-order chi connectivity index (χ0) is 18.8. The molecule has 0 amide bonds. The Labute approximate surface area is 161 Å². The van der Waals surface area contributed by atoms with E-state index in [1.807, 2.05) is 23.1 Å². The van der Waals surface area contributed by atoms with Crippen molar-refractivity contribution in [2.24, 2.45) is 0 Å². The molecule has 0 bridgehead atoms. The molecule has 27 heavy (non-hydrogen) atoms. The number of carboxylic acid groups (broad SMARTS) is 1. The van der Waals surface area contributed by atoms with Crippen LogP contribution in [0.2, 0.25) is 5.02 Å². The first-order valence-corrected chi connectivity index (χ1v) is 9.01. The van der Waals surface area contributed by atoms with E-state index in [0.717, 1.165) is 18.8 Å². The molecule has 8 heteroatoms. The average molecular weight is 384 g/mol.